The molecule has 47 heavy (non-hydrogen) atoms. The summed E-state index contributed by atoms with van der Waals surface area (Å²) in [5, 5.41) is 8.35. The maximum atomic E-state index is 16.6. The lowest BCUT2D eigenvalue weighted by molar-refractivity contribution is -0.131. The van der Waals surface area contributed by atoms with Crippen LogP contribution in [0.5, 0.6) is 5.75 Å². The number of ether oxygens (including phenoxy) is 2. The Morgan fingerprint density at radius 2 is 1.91 bits per heavy atom. The molecule has 0 bridgehead atoms. The third kappa shape index (κ3) is 6.52. The lowest BCUT2D eigenvalue weighted by atomic mass is 9.93. The second-order valence-electron chi connectivity index (χ2n) is 12.4. The van der Waals surface area contributed by atoms with E-state index in [0.717, 1.165) is 55.8 Å². The van der Waals surface area contributed by atoms with E-state index in [-0.39, 0.29) is 36.4 Å². The molecule has 0 saturated carbocycles. The summed E-state index contributed by atoms with van der Waals surface area (Å²) in [6, 6.07) is 11.2. The molecule has 0 spiro atoms. The molecule has 11 nitrogen and oxygen atoms in total. The predicted molar refractivity (Wildman–Crippen MR) is 175 cm³/mol. The molecule has 0 aliphatic carbocycles. The molecule has 2 aromatic carbocycles. The Bertz CT molecular complexity index is 1770. The van der Waals surface area contributed by atoms with Crippen LogP contribution in [-0.4, -0.2) is 112 Å². The Morgan fingerprint density at radius 1 is 1.06 bits per heavy atom. The number of para-hydroxylation sites is 1. The normalized spacial score (nSPS) is 18.9. The first kappa shape index (κ1) is 31.1. The van der Waals surface area contributed by atoms with E-state index in [1.165, 1.54) is 0 Å². The van der Waals surface area contributed by atoms with Crippen LogP contribution in [0, 0.1) is 5.82 Å². The second-order valence-corrected chi connectivity index (χ2v) is 12.4. The van der Waals surface area contributed by atoms with Crippen molar-refractivity contribution < 1.29 is 23.5 Å². The summed E-state index contributed by atoms with van der Waals surface area (Å²) in [5.41, 5.74) is 3.28. The van der Waals surface area contributed by atoms with Gasteiger partial charge in [-0.1, -0.05) is 29.5 Å². The van der Waals surface area contributed by atoms with Crippen molar-refractivity contribution in [3.05, 3.63) is 71.9 Å². The first-order valence-electron chi connectivity index (χ1n) is 16.4. The van der Waals surface area contributed by atoms with Gasteiger partial charge in [0.2, 0.25) is 5.91 Å². The molecule has 4 aromatic rings. The minimum Gasteiger partial charge on any atom is -0.496 e. The Labute approximate surface area is 272 Å². The van der Waals surface area contributed by atoms with Gasteiger partial charge in [0.05, 0.1) is 31.5 Å². The van der Waals surface area contributed by atoms with E-state index in [1.807, 2.05) is 41.3 Å². The lowest BCUT2D eigenvalue weighted by Crippen LogP contribution is -2.50. The van der Waals surface area contributed by atoms with Crippen molar-refractivity contribution in [1.29, 1.82) is 0 Å². The minimum atomic E-state index is -0.442. The number of piperazine rings is 1. The van der Waals surface area contributed by atoms with Gasteiger partial charge < -0.3 is 24.3 Å². The third-order valence-corrected chi connectivity index (χ3v) is 9.50. The van der Waals surface area contributed by atoms with Crippen molar-refractivity contribution in [1.82, 2.24) is 34.7 Å². The number of fused-ring (bicyclic) bond motifs is 1. The van der Waals surface area contributed by atoms with Gasteiger partial charge in [-0.05, 0) is 48.6 Å². The van der Waals surface area contributed by atoms with Gasteiger partial charge in [-0.3, -0.25) is 19.2 Å². The van der Waals surface area contributed by atoms with Crippen LogP contribution in [0.3, 0.4) is 0 Å². The van der Waals surface area contributed by atoms with Gasteiger partial charge in [0, 0.05) is 81.6 Å². The van der Waals surface area contributed by atoms with Crippen molar-refractivity contribution in [3.63, 3.8) is 0 Å². The lowest BCUT2D eigenvalue weighted by Gasteiger charge is -2.35. The maximum absolute atomic E-state index is 16.6. The van der Waals surface area contributed by atoms with Crippen molar-refractivity contribution in [2.45, 2.75) is 38.3 Å². The summed E-state index contributed by atoms with van der Waals surface area (Å²) in [6.07, 6.45) is 8.67. The molecule has 2 aromatic heterocycles. The van der Waals surface area contributed by atoms with E-state index in [0.29, 0.717) is 55.0 Å². The Balaban J connectivity index is 1.17. The monoisotopic (exact) mass is 641 g/mol. The highest BCUT2D eigenvalue weighted by Gasteiger charge is 2.29. The number of hydrogen-bond donors (Lipinski definition) is 1. The number of nitrogens with one attached hydrogen (secondary N) is 1. The molecule has 1 unspecified atom stereocenters. The van der Waals surface area contributed by atoms with Gasteiger partial charge >= 0.3 is 0 Å². The van der Waals surface area contributed by atoms with Gasteiger partial charge in [0.15, 0.2) is 5.82 Å². The van der Waals surface area contributed by atoms with E-state index in [9.17, 15) is 9.59 Å². The zero-order chi connectivity index (χ0) is 32.3. The fourth-order valence-corrected chi connectivity index (χ4v) is 6.95. The number of rotatable bonds is 9. The zero-order valence-electron chi connectivity index (χ0n) is 26.7. The summed E-state index contributed by atoms with van der Waals surface area (Å²) < 4.78 is 29.7. The first-order chi connectivity index (χ1) is 23.0. The van der Waals surface area contributed by atoms with Crippen LogP contribution in [0.1, 0.15) is 41.7 Å². The maximum Gasteiger partial charge on any atom is 0.270 e. The number of nitrogens with zero attached hydrogens (tertiary/aromatic N) is 6. The molecule has 0 radical (unpaired) electrons. The van der Waals surface area contributed by atoms with Crippen LogP contribution < -0.4 is 4.74 Å². The zero-order valence-corrected chi connectivity index (χ0v) is 26.7. The Kier molecular flexibility index (Phi) is 9.03. The predicted octanol–water partition coefficient (Wildman–Crippen LogP) is 4.22. The molecule has 246 valence electrons. The van der Waals surface area contributed by atoms with E-state index in [4.69, 9.17) is 9.47 Å². The largest absolute Gasteiger partial charge is 0.496 e. The number of amides is 2. The third-order valence-electron chi connectivity index (χ3n) is 9.50. The number of benzene rings is 2. The molecule has 3 aliphatic rings. The number of halogens is 1. The fourth-order valence-electron chi connectivity index (χ4n) is 6.95. The Morgan fingerprint density at radius 3 is 2.68 bits per heavy atom. The van der Waals surface area contributed by atoms with Crippen molar-refractivity contribution >= 4 is 28.3 Å². The van der Waals surface area contributed by atoms with Crippen molar-refractivity contribution in [2.24, 2.45) is 0 Å². The van der Waals surface area contributed by atoms with Crippen LogP contribution in [-0.2, 0) is 16.1 Å². The van der Waals surface area contributed by atoms with Crippen LogP contribution in [0.25, 0.3) is 27.6 Å². The average Bonchev–Trinajstić information content (AvgIpc) is 3.91. The summed E-state index contributed by atoms with van der Waals surface area (Å²) in [6.45, 7) is 5.75. The molecule has 5 heterocycles. The van der Waals surface area contributed by atoms with Crippen molar-refractivity contribution in [2.75, 3.05) is 59.5 Å². The van der Waals surface area contributed by atoms with E-state index in [1.54, 1.807) is 35.2 Å². The fraction of sp³-hybridized carbons (Fsp3) is 0.429. The number of hydrogen-bond acceptors (Lipinski definition) is 7. The molecule has 1 N–H and O–H groups in total. The van der Waals surface area contributed by atoms with Crippen molar-refractivity contribution in [3.8, 4) is 16.9 Å². The van der Waals surface area contributed by atoms with E-state index >= 15 is 4.39 Å². The molecule has 2 amide bonds. The smallest absolute Gasteiger partial charge is 0.270 e. The molecule has 7 rings (SSSR count). The summed E-state index contributed by atoms with van der Waals surface area (Å²) in [4.78, 5) is 36.1. The topological polar surface area (TPSA) is 109 Å². The number of carbonyl (C=O) groups is 2. The number of methoxy groups -OCH3 is 1. The average molecular weight is 642 g/mol. The van der Waals surface area contributed by atoms with E-state index in [2.05, 4.69) is 20.2 Å². The van der Waals surface area contributed by atoms with Gasteiger partial charge in [-0.15, -0.1) is 5.10 Å². The Hall–Kier alpha value is -4.55. The molecule has 2 fully saturated rings. The SMILES string of the molecule is COc1ccccc1-c1cc(C2=CCCN(C(=O)CCn3ccnn3)C2)c(F)c2[nH]c(C(=O)N3CCN(CC4CCCO4)CC3)cc12. The van der Waals surface area contributed by atoms with E-state index < -0.39 is 5.82 Å². The van der Waals surface area contributed by atoms with Crippen LogP contribution in [0.2, 0.25) is 0 Å². The molecule has 3 aliphatic heterocycles. The van der Waals surface area contributed by atoms with Gasteiger partial charge in [-0.25, -0.2) is 4.39 Å². The van der Waals surface area contributed by atoms with Gasteiger partial charge in [0.25, 0.3) is 5.91 Å². The highest BCUT2D eigenvalue weighted by atomic mass is 19.1. The first-order valence-corrected chi connectivity index (χ1v) is 16.4. The quantitative estimate of drug-likeness (QED) is 0.292. The van der Waals surface area contributed by atoms with Crippen LogP contribution >= 0.6 is 0 Å². The number of aromatic amines is 1. The number of aromatic nitrogens is 4. The van der Waals surface area contributed by atoms with Gasteiger partial charge in [-0.2, -0.15) is 0 Å². The second kappa shape index (κ2) is 13.7. The molecule has 2 saturated heterocycles. The number of carbonyl (C=O) groups excluding carboxylic acids is 2. The molecular formula is C35H40FN7O4. The standard InChI is InChI=1S/C35H40FN7O4/c1-46-31-9-3-2-8-26(31)28-20-27(24-6-4-12-42(22-24)32(44)10-13-43-14-11-37-39-43)33(36)34-29(28)21-30(38-34)35(45)41-17-15-40(16-18-41)23-25-7-5-19-47-25/h2-3,6,8-9,11,14,20-21,25,38H,4-5,7,10,12-13,15-19,22-23H2,1H3. The van der Waals surface area contributed by atoms with Crippen LogP contribution in [0.4, 0.5) is 4.39 Å². The highest BCUT2D eigenvalue weighted by Crippen LogP contribution is 2.40. The summed E-state index contributed by atoms with van der Waals surface area (Å²) >= 11 is 0. The number of H-pyrrole nitrogens is 1. The molecular weight excluding hydrogens is 601 g/mol. The summed E-state index contributed by atoms with van der Waals surface area (Å²) in [7, 11) is 1.61. The summed E-state index contributed by atoms with van der Waals surface area (Å²) in [5.74, 6) is 0.0275. The highest BCUT2D eigenvalue weighted by molar-refractivity contribution is 6.05. The molecule has 1 atom stereocenters. The minimum absolute atomic E-state index is 0.0267. The number of aryl methyl sites for hydroxylation is 1. The molecule has 12 heteroatoms. The van der Waals surface area contributed by atoms with Crippen LogP contribution in [0.15, 0.2) is 54.9 Å². The van der Waals surface area contributed by atoms with Gasteiger partial charge in [0.1, 0.15) is 11.4 Å².